The molecule has 0 atom stereocenters. The van der Waals surface area contributed by atoms with Gasteiger partial charge >= 0.3 is 0 Å². The lowest BCUT2D eigenvalue weighted by atomic mass is 10.2. The van der Waals surface area contributed by atoms with Crippen LogP contribution in [0.4, 0.5) is 11.5 Å². The number of rotatable bonds is 2. The molecule has 1 aromatic heterocycles. The summed E-state index contributed by atoms with van der Waals surface area (Å²) in [5.41, 5.74) is 7.35. The number of nitrogens with one attached hydrogen (secondary N) is 1. The summed E-state index contributed by atoms with van der Waals surface area (Å²) in [4.78, 5) is 19.7. The highest BCUT2D eigenvalue weighted by atomic mass is 16.1. The zero-order valence-corrected chi connectivity index (χ0v) is 9.34. The second-order valence-corrected chi connectivity index (χ2v) is 3.54. The van der Waals surface area contributed by atoms with E-state index in [-0.39, 0.29) is 11.7 Å². The Morgan fingerprint density at radius 2 is 1.94 bits per heavy atom. The quantitative estimate of drug-likeness (QED) is 0.818. The highest BCUT2D eigenvalue weighted by Gasteiger charge is 2.10. The van der Waals surface area contributed by atoms with Crippen molar-refractivity contribution < 1.29 is 4.79 Å². The number of benzene rings is 1. The molecule has 2 aromatic rings. The van der Waals surface area contributed by atoms with Crippen LogP contribution >= 0.6 is 0 Å². The molecule has 1 amide bonds. The zero-order valence-electron chi connectivity index (χ0n) is 9.34. The van der Waals surface area contributed by atoms with Gasteiger partial charge in [-0.05, 0) is 19.1 Å². The molecule has 17 heavy (non-hydrogen) atoms. The van der Waals surface area contributed by atoms with Crippen LogP contribution in [-0.4, -0.2) is 15.9 Å². The Morgan fingerprint density at radius 3 is 2.59 bits per heavy atom. The van der Waals surface area contributed by atoms with E-state index in [4.69, 9.17) is 5.73 Å². The second-order valence-electron chi connectivity index (χ2n) is 3.54. The van der Waals surface area contributed by atoms with Gasteiger partial charge in [0.25, 0.3) is 5.91 Å². The zero-order chi connectivity index (χ0) is 12.3. The number of aromatic nitrogens is 2. The summed E-state index contributed by atoms with van der Waals surface area (Å²) in [5.74, 6) is 0.0389. The third-order valence-corrected chi connectivity index (χ3v) is 2.34. The Hall–Kier alpha value is -2.43. The van der Waals surface area contributed by atoms with Crippen LogP contribution in [0.1, 0.15) is 16.1 Å². The van der Waals surface area contributed by atoms with E-state index in [1.165, 1.54) is 6.33 Å². The number of hydrogen-bond donors (Lipinski definition) is 2. The van der Waals surface area contributed by atoms with Crippen molar-refractivity contribution in [2.45, 2.75) is 6.92 Å². The highest BCUT2D eigenvalue weighted by molar-refractivity contribution is 6.05. The maximum atomic E-state index is 11.9. The molecule has 0 unspecified atom stereocenters. The van der Waals surface area contributed by atoms with E-state index in [1.807, 2.05) is 6.07 Å². The van der Waals surface area contributed by atoms with E-state index in [0.717, 1.165) is 0 Å². The maximum absolute atomic E-state index is 11.9. The number of carbonyl (C=O) groups is 1. The summed E-state index contributed by atoms with van der Waals surface area (Å²) in [5, 5.41) is 2.71. The molecule has 0 aliphatic heterocycles. The lowest BCUT2D eigenvalue weighted by Gasteiger charge is -2.09. The lowest BCUT2D eigenvalue weighted by Crippen LogP contribution is -2.15. The van der Waals surface area contributed by atoms with Crippen molar-refractivity contribution in [3.05, 3.63) is 47.9 Å². The normalized spacial score (nSPS) is 9.94. The first kappa shape index (κ1) is 11.1. The van der Waals surface area contributed by atoms with Gasteiger partial charge in [-0.15, -0.1) is 0 Å². The van der Waals surface area contributed by atoms with Gasteiger partial charge < -0.3 is 11.1 Å². The minimum absolute atomic E-state index is 0.227. The summed E-state index contributed by atoms with van der Waals surface area (Å²) in [6.45, 7) is 1.76. The Bertz CT molecular complexity index is 519. The first-order chi connectivity index (χ1) is 8.18. The fraction of sp³-hybridized carbons (Fsp3) is 0.0833. The summed E-state index contributed by atoms with van der Waals surface area (Å²) in [6, 6.07) is 8.90. The molecule has 5 nitrogen and oxygen atoms in total. The molecule has 1 aromatic carbocycles. The molecule has 0 bridgehead atoms. The summed E-state index contributed by atoms with van der Waals surface area (Å²) >= 11 is 0. The SMILES string of the molecule is Cc1ncnc(N)c1NC(=O)c1ccccc1. The molecule has 0 radical (unpaired) electrons. The van der Waals surface area contributed by atoms with E-state index in [9.17, 15) is 4.79 Å². The molecule has 0 saturated heterocycles. The lowest BCUT2D eigenvalue weighted by molar-refractivity contribution is 0.102. The smallest absolute Gasteiger partial charge is 0.255 e. The molecule has 3 N–H and O–H groups in total. The Kier molecular flexibility index (Phi) is 3.00. The average Bonchev–Trinajstić information content (AvgIpc) is 2.35. The van der Waals surface area contributed by atoms with Crippen molar-refractivity contribution in [3.8, 4) is 0 Å². The molecular formula is C12H12N4O. The minimum Gasteiger partial charge on any atom is -0.382 e. The van der Waals surface area contributed by atoms with Gasteiger partial charge in [0.2, 0.25) is 0 Å². The van der Waals surface area contributed by atoms with E-state index in [0.29, 0.717) is 16.9 Å². The van der Waals surface area contributed by atoms with Crippen LogP contribution < -0.4 is 11.1 Å². The maximum Gasteiger partial charge on any atom is 0.255 e. The van der Waals surface area contributed by atoms with Crippen LogP contribution in [0.15, 0.2) is 36.7 Å². The molecule has 5 heteroatoms. The highest BCUT2D eigenvalue weighted by Crippen LogP contribution is 2.18. The molecule has 0 fully saturated rings. The second kappa shape index (κ2) is 4.61. The van der Waals surface area contributed by atoms with E-state index in [1.54, 1.807) is 31.2 Å². The van der Waals surface area contributed by atoms with Gasteiger partial charge in [-0.1, -0.05) is 18.2 Å². The number of nitrogens with two attached hydrogens (primary N) is 1. The van der Waals surface area contributed by atoms with Gasteiger partial charge in [-0.25, -0.2) is 9.97 Å². The Balaban J connectivity index is 2.25. The Morgan fingerprint density at radius 1 is 1.24 bits per heavy atom. The number of hydrogen-bond acceptors (Lipinski definition) is 4. The fourth-order valence-electron chi connectivity index (χ4n) is 1.42. The monoisotopic (exact) mass is 228 g/mol. The third kappa shape index (κ3) is 2.39. The van der Waals surface area contributed by atoms with Crippen molar-refractivity contribution in [1.82, 2.24) is 9.97 Å². The number of nitrogens with zero attached hydrogens (tertiary/aromatic N) is 2. The molecule has 0 saturated carbocycles. The number of aryl methyl sites for hydroxylation is 1. The van der Waals surface area contributed by atoms with E-state index < -0.39 is 0 Å². The molecular weight excluding hydrogens is 216 g/mol. The first-order valence-electron chi connectivity index (χ1n) is 5.12. The number of anilines is 2. The number of amides is 1. The molecule has 0 aliphatic carbocycles. The van der Waals surface area contributed by atoms with Crippen LogP contribution in [0.3, 0.4) is 0 Å². The summed E-state index contributed by atoms with van der Waals surface area (Å²) < 4.78 is 0. The average molecular weight is 228 g/mol. The standard InChI is InChI=1S/C12H12N4O/c1-8-10(11(13)15-7-14-8)16-12(17)9-5-3-2-4-6-9/h2-7H,1H3,(H,16,17)(H2,13,14,15). The predicted octanol–water partition coefficient (Wildman–Crippen LogP) is 1.62. The van der Waals surface area contributed by atoms with Gasteiger partial charge in [-0.2, -0.15) is 0 Å². The predicted molar refractivity (Wildman–Crippen MR) is 65.6 cm³/mol. The van der Waals surface area contributed by atoms with E-state index >= 15 is 0 Å². The molecule has 2 rings (SSSR count). The Labute approximate surface area is 98.7 Å². The largest absolute Gasteiger partial charge is 0.382 e. The number of carbonyl (C=O) groups excluding carboxylic acids is 1. The van der Waals surface area contributed by atoms with Crippen LogP contribution in [-0.2, 0) is 0 Å². The number of nitrogen functional groups attached to an aromatic ring is 1. The van der Waals surface area contributed by atoms with Crippen molar-refractivity contribution in [1.29, 1.82) is 0 Å². The molecule has 0 spiro atoms. The van der Waals surface area contributed by atoms with Crippen molar-refractivity contribution in [3.63, 3.8) is 0 Å². The van der Waals surface area contributed by atoms with Crippen LogP contribution in [0, 0.1) is 6.92 Å². The van der Waals surface area contributed by atoms with Crippen molar-refractivity contribution in [2.75, 3.05) is 11.1 Å². The summed E-state index contributed by atoms with van der Waals surface area (Å²) in [6.07, 6.45) is 1.36. The van der Waals surface area contributed by atoms with Gasteiger partial charge in [0.15, 0.2) is 5.82 Å². The fourth-order valence-corrected chi connectivity index (χ4v) is 1.42. The van der Waals surface area contributed by atoms with Gasteiger partial charge in [-0.3, -0.25) is 4.79 Å². The molecule has 1 heterocycles. The van der Waals surface area contributed by atoms with Crippen molar-refractivity contribution in [2.24, 2.45) is 0 Å². The third-order valence-electron chi connectivity index (χ3n) is 2.34. The van der Waals surface area contributed by atoms with Gasteiger partial charge in [0.05, 0.1) is 5.69 Å². The minimum atomic E-state index is -0.227. The summed E-state index contributed by atoms with van der Waals surface area (Å²) in [7, 11) is 0. The molecule has 86 valence electrons. The molecule has 0 aliphatic rings. The van der Waals surface area contributed by atoms with E-state index in [2.05, 4.69) is 15.3 Å². The van der Waals surface area contributed by atoms with Crippen LogP contribution in [0.2, 0.25) is 0 Å². The first-order valence-corrected chi connectivity index (χ1v) is 5.12. The van der Waals surface area contributed by atoms with Gasteiger partial charge in [0, 0.05) is 5.56 Å². The van der Waals surface area contributed by atoms with Gasteiger partial charge in [0.1, 0.15) is 12.0 Å². The topological polar surface area (TPSA) is 80.9 Å². The van der Waals surface area contributed by atoms with Crippen LogP contribution in [0.5, 0.6) is 0 Å². The van der Waals surface area contributed by atoms with Crippen molar-refractivity contribution >= 4 is 17.4 Å². The van der Waals surface area contributed by atoms with Crippen LogP contribution in [0.25, 0.3) is 0 Å².